The molecule has 0 radical (unpaired) electrons. The highest BCUT2D eigenvalue weighted by atomic mass is 16.2. The molecule has 4 rings (SSSR count). The van der Waals surface area contributed by atoms with Crippen molar-refractivity contribution >= 4 is 17.5 Å². The average Bonchev–Trinajstić information content (AvgIpc) is 3.09. The Hall–Kier alpha value is -3.15. The fourth-order valence-corrected chi connectivity index (χ4v) is 3.40. The number of aromatic nitrogens is 2. The van der Waals surface area contributed by atoms with Crippen LogP contribution in [0.15, 0.2) is 54.7 Å². The van der Waals surface area contributed by atoms with Crippen LogP contribution in [0.5, 0.6) is 0 Å². The number of imidazole rings is 1. The van der Waals surface area contributed by atoms with Crippen LogP contribution in [0.3, 0.4) is 0 Å². The molecule has 26 heavy (non-hydrogen) atoms. The minimum atomic E-state index is -0.524. The van der Waals surface area contributed by atoms with E-state index in [2.05, 4.69) is 10.3 Å². The second-order valence-corrected chi connectivity index (χ2v) is 6.52. The number of benzene rings is 1. The Morgan fingerprint density at radius 1 is 1.19 bits per heavy atom. The van der Waals surface area contributed by atoms with Crippen LogP contribution < -0.4 is 5.32 Å². The fourth-order valence-electron chi connectivity index (χ4n) is 3.40. The highest BCUT2D eigenvalue weighted by Gasteiger charge is 2.34. The summed E-state index contributed by atoms with van der Waals surface area (Å²) in [6, 6.07) is 15.0. The Bertz CT molecular complexity index is 964. The van der Waals surface area contributed by atoms with E-state index in [1.807, 2.05) is 59.9 Å². The Morgan fingerprint density at radius 3 is 2.77 bits per heavy atom. The third-order valence-corrected chi connectivity index (χ3v) is 4.78. The summed E-state index contributed by atoms with van der Waals surface area (Å²) < 4.78 is 1.89. The van der Waals surface area contributed by atoms with Crippen LogP contribution in [-0.4, -0.2) is 45.2 Å². The van der Waals surface area contributed by atoms with E-state index in [1.54, 1.807) is 11.1 Å². The summed E-state index contributed by atoms with van der Waals surface area (Å²) in [7, 11) is 0. The first kappa shape index (κ1) is 16.3. The van der Waals surface area contributed by atoms with Crippen molar-refractivity contribution in [3.8, 4) is 0 Å². The minimum absolute atomic E-state index is 0.117. The third-order valence-electron chi connectivity index (χ3n) is 4.78. The molecular weight excluding hydrogens is 328 g/mol. The molecule has 6 heteroatoms. The normalized spacial score (nSPS) is 17.3. The van der Waals surface area contributed by atoms with Crippen LogP contribution >= 0.6 is 0 Å². The average molecular weight is 348 g/mol. The summed E-state index contributed by atoms with van der Waals surface area (Å²) in [5, 5.41) is 2.87. The number of aryl methyl sites for hydroxylation is 1. The molecule has 1 N–H and O–H groups in total. The number of hydrogen-bond acceptors (Lipinski definition) is 3. The van der Waals surface area contributed by atoms with Crippen molar-refractivity contribution in [3.63, 3.8) is 0 Å². The third kappa shape index (κ3) is 2.94. The molecule has 3 aromatic rings. The van der Waals surface area contributed by atoms with Crippen molar-refractivity contribution in [2.45, 2.75) is 19.4 Å². The number of pyridine rings is 1. The minimum Gasteiger partial charge on any atom is -0.353 e. The van der Waals surface area contributed by atoms with Gasteiger partial charge in [0.1, 0.15) is 17.4 Å². The first-order valence-corrected chi connectivity index (χ1v) is 8.71. The van der Waals surface area contributed by atoms with E-state index in [0.29, 0.717) is 25.2 Å². The number of nitrogens with one attached hydrogen (secondary N) is 1. The van der Waals surface area contributed by atoms with Crippen LogP contribution in [0.1, 0.15) is 21.7 Å². The van der Waals surface area contributed by atoms with Crippen molar-refractivity contribution in [2.24, 2.45) is 0 Å². The zero-order valence-corrected chi connectivity index (χ0v) is 14.6. The number of hydrogen-bond donors (Lipinski definition) is 1. The highest BCUT2D eigenvalue weighted by molar-refractivity contribution is 5.97. The maximum atomic E-state index is 13.1. The second kappa shape index (κ2) is 6.63. The Balaban J connectivity index is 1.65. The molecule has 1 aliphatic heterocycles. The van der Waals surface area contributed by atoms with Crippen molar-refractivity contribution in [2.75, 3.05) is 13.1 Å². The molecule has 0 saturated carbocycles. The van der Waals surface area contributed by atoms with Gasteiger partial charge < -0.3 is 14.6 Å². The van der Waals surface area contributed by atoms with E-state index in [1.165, 1.54) is 0 Å². The maximum Gasteiger partial charge on any atom is 0.274 e. The number of amides is 2. The van der Waals surface area contributed by atoms with E-state index in [-0.39, 0.29) is 11.8 Å². The van der Waals surface area contributed by atoms with E-state index < -0.39 is 6.04 Å². The van der Waals surface area contributed by atoms with E-state index in [0.717, 1.165) is 16.9 Å². The zero-order valence-electron chi connectivity index (χ0n) is 14.6. The molecule has 1 aliphatic rings. The number of rotatable bonds is 3. The molecule has 1 fully saturated rings. The predicted octanol–water partition coefficient (Wildman–Crippen LogP) is 1.83. The van der Waals surface area contributed by atoms with Gasteiger partial charge in [-0.25, -0.2) is 4.98 Å². The lowest BCUT2D eigenvalue weighted by Crippen LogP contribution is -2.58. The molecule has 1 saturated heterocycles. The first-order chi connectivity index (χ1) is 12.6. The van der Waals surface area contributed by atoms with E-state index in [9.17, 15) is 9.59 Å². The lowest BCUT2D eigenvalue weighted by Gasteiger charge is -2.34. The van der Waals surface area contributed by atoms with Crippen LogP contribution in [0, 0.1) is 6.92 Å². The van der Waals surface area contributed by atoms with Gasteiger partial charge in [0.05, 0.1) is 0 Å². The summed E-state index contributed by atoms with van der Waals surface area (Å²) in [5.41, 5.74) is 3.13. The van der Waals surface area contributed by atoms with Gasteiger partial charge in [0.15, 0.2) is 0 Å². The number of carbonyl (C=O) groups excluding carboxylic acids is 2. The van der Waals surface area contributed by atoms with Crippen molar-refractivity contribution in [3.05, 3.63) is 71.7 Å². The summed E-state index contributed by atoms with van der Waals surface area (Å²) in [6.45, 7) is 2.91. The molecule has 1 atom stereocenters. The Kier molecular flexibility index (Phi) is 4.16. The highest BCUT2D eigenvalue weighted by Crippen LogP contribution is 2.17. The van der Waals surface area contributed by atoms with Gasteiger partial charge in [0, 0.05) is 31.4 Å². The molecule has 132 valence electrons. The van der Waals surface area contributed by atoms with Gasteiger partial charge in [-0.1, -0.05) is 36.4 Å². The lowest BCUT2D eigenvalue weighted by atomic mass is 10.0. The number of fused-ring (bicyclic) bond motifs is 1. The summed E-state index contributed by atoms with van der Waals surface area (Å²) >= 11 is 0. The molecule has 2 amide bonds. The SMILES string of the molecule is Cc1cccc2nc(C(=O)N3CCNC(=O)[C@H]3Cc3ccccc3)cn12. The molecule has 2 aromatic heterocycles. The molecule has 3 heterocycles. The largest absolute Gasteiger partial charge is 0.353 e. The standard InChI is InChI=1S/C20H20N4O2/c1-14-6-5-9-18-22-16(13-24(14)18)20(26)23-11-10-21-19(25)17(23)12-15-7-3-2-4-8-15/h2-9,13,17H,10-12H2,1H3,(H,21,25)/t17-/m1/s1. The number of carbonyl (C=O) groups is 2. The Morgan fingerprint density at radius 2 is 2.00 bits per heavy atom. The second-order valence-electron chi connectivity index (χ2n) is 6.52. The van der Waals surface area contributed by atoms with Crippen molar-refractivity contribution in [1.29, 1.82) is 0 Å². The van der Waals surface area contributed by atoms with E-state index >= 15 is 0 Å². The fraction of sp³-hybridized carbons (Fsp3) is 0.250. The molecule has 0 bridgehead atoms. The molecule has 0 aliphatic carbocycles. The molecule has 6 nitrogen and oxygen atoms in total. The summed E-state index contributed by atoms with van der Waals surface area (Å²) in [6.07, 6.45) is 2.24. The van der Waals surface area contributed by atoms with Gasteiger partial charge in [-0.15, -0.1) is 0 Å². The van der Waals surface area contributed by atoms with Gasteiger partial charge in [0.2, 0.25) is 5.91 Å². The first-order valence-electron chi connectivity index (χ1n) is 8.71. The molecular formula is C20H20N4O2. The van der Waals surface area contributed by atoms with Crippen LogP contribution in [-0.2, 0) is 11.2 Å². The quantitative estimate of drug-likeness (QED) is 0.785. The number of nitrogens with zero attached hydrogens (tertiary/aromatic N) is 3. The van der Waals surface area contributed by atoms with Crippen LogP contribution in [0.2, 0.25) is 0 Å². The maximum absolute atomic E-state index is 13.1. The monoisotopic (exact) mass is 348 g/mol. The van der Waals surface area contributed by atoms with E-state index in [4.69, 9.17) is 0 Å². The summed E-state index contributed by atoms with van der Waals surface area (Å²) in [4.78, 5) is 31.6. The zero-order chi connectivity index (χ0) is 18.1. The molecule has 0 spiro atoms. The van der Waals surface area contributed by atoms with Crippen LogP contribution in [0.25, 0.3) is 5.65 Å². The van der Waals surface area contributed by atoms with Gasteiger partial charge in [-0.3, -0.25) is 9.59 Å². The van der Waals surface area contributed by atoms with Gasteiger partial charge in [-0.05, 0) is 24.6 Å². The lowest BCUT2D eigenvalue weighted by molar-refractivity contribution is -0.127. The van der Waals surface area contributed by atoms with Crippen LogP contribution in [0.4, 0.5) is 0 Å². The molecule has 0 unspecified atom stereocenters. The van der Waals surface area contributed by atoms with Gasteiger partial charge in [0.25, 0.3) is 5.91 Å². The van der Waals surface area contributed by atoms with Gasteiger partial charge >= 0.3 is 0 Å². The molecule has 1 aromatic carbocycles. The number of piperazine rings is 1. The topological polar surface area (TPSA) is 66.7 Å². The van der Waals surface area contributed by atoms with Gasteiger partial charge in [-0.2, -0.15) is 0 Å². The van der Waals surface area contributed by atoms with Crippen molar-refractivity contribution in [1.82, 2.24) is 19.6 Å². The Labute approximate surface area is 151 Å². The predicted molar refractivity (Wildman–Crippen MR) is 97.9 cm³/mol. The summed E-state index contributed by atoms with van der Waals surface area (Å²) in [5.74, 6) is -0.322. The van der Waals surface area contributed by atoms with Crippen molar-refractivity contribution < 1.29 is 9.59 Å². The smallest absolute Gasteiger partial charge is 0.274 e.